The van der Waals surface area contributed by atoms with E-state index in [0.717, 1.165) is 18.4 Å². The standard InChI is InChI=1S/C15H22N2O4/c1-2-3-4-13(15(20)21)17-14(19)12(16)9-10-5-7-11(18)8-6-10/h5-8,12-13,18H,2-4,9,16H2,1H3,(H,17,19)(H,20,21). The Morgan fingerprint density at radius 1 is 1.29 bits per heavy atom. The molecule has 5 N–H and O–H groups in total. The topological polar surface area (TPSA) is 113 Å². The smallest absolute Gasteiger partial charge is 0.326 e. The molecule has 0 heterocycles. The number of aromatic hydroxyl groups is 1. The molecule has 0 saturated carbocycles. The normalized spacial score (nSPS) is 13.4. The SMILES string of the molecule is CCCCC(NC(=O)C(N)Cc1ccc(O)cc1)C(=O)O. The van der Waals surface area contributed by atoms with Gasteiger partial charge in [0.1, 0.15) is 11.8 Å². The van der Waals surface area contributed by atoms with Gasteiger partial charge in [-0.25, -0.2) is 4.79 Å². The molecule has 21 heavy (non-hydrogen) atoms. The number of amides is 1. The Balaban J connectivity index is 2.56. The maximum atomic E-state index is 11.9. The number of carbonyl (C=O) groups is 2. The highest BCUT2D eigenvalue weighted by molar-refractivity contribution is 5.86. The third-order valence-corrected chi connectivity index (χ3v) is 3.19. The van der Waals surface area contributed by atoms with Crippen LogP contribution in [0.3, 0.4) is 0 Å². The minimum Gasteiger partial charge on any atom is -0.508 e. The minimum atomic E-state index is -1.05. The maximum Gasteiger partial charge on any atom is 0.326 e. The molecule has 0 saturated heterocycles. The van der Waals surface area contributed by atoms with Gasteiger partial charge in [0.05, 0.1) is 6.04 Å². The minimum absolute atomic E-state index is 0.141. The lowest BCUT2D eigenvalue weighted by Gasteiger charge is -2.17. The highest BCUT2D eigenvalue weighted by atomic mass is 16.4. The average molecular weight is 294 g/mol. The number of hydrogen-bond donors (Lipinski definition) is 4. The third kappa shape index (κ3) is 5.83. The molecule has 0 radical (unpaired) electrons. The van der Waals surface area contributed by atoms with E-state index in [1.165, 1.54) is 12.1 Å². The first-order chi connectivity index (χ1) is 9.93. The lowest BCUT2D eigenvalue weighted by molar-refractivity contribution is -0.142. The maximum absolute atomic E-state index is 11.9. The Bertz CT molecular complexity index is 473. The van der Waals surface area contributed by atoms with Crippen molar-refractivity contribution >= 4 is 11.9 Å². The largest absolute Gasteiger partial charge is 0.508 e. The van der Waals surface area contributed by atoms with Crippen molar-refractivity contribution in [1.82, 2.24) is 5.32 Å². The zero-order valence-corrected chi connectivity index (χ0v) is 12.1. The van der Waals surface area contributed by atoms with Crippen LogP contribution in [0.25, 0.3) is 0 Å². The van der Waals surface area contributed by atoms with Crippen molar-refractivity contribution in [2.24, 2.45) is 5.73 Å². The van der Waals surface area contributed by atoms with Gasteiger partial charge >= 0.3 is 5.97 Å². The van der Waals surface area contributed by atoms with Crippen molar-refractivity contribution in [3.63, 3.8) is 0 Å². The van der Waals surface area contributed by atoms with Crippen molar-refractivity contribution in [2.45, 2.75) is 44.7 Å². The van der Waals surface area contributed by atoms with E-state index in [9.17, 15) is 14.7 Å². The second-order valence-electron chi connectivity index (χ2n) is 5.02. The van der Waals surface area contributed by atoms with Gasteiger partial charge in [-0.3, -0.25) is 4.79 Å². The summed E-state index contributed by atoms with van der Waals surface area (Å²) >= 11 is 0. The number of nitrogens with two attached hydrogens (primary N) is 1. The number of unbranched alkanes of at least 4 members (excludes halogenated alkanes) is 1. The number of nitrogens with one attached hydrogen (secondary N) is 1. The molecule has 1 aromatic rings. The number of phenols is 1. The van der Waals surface area contributed by atoms with Gasteiger partial charge < -0.3 is 21.3 Å². The summed E-state index contributed by atoms with van der Waals surface area (Å²) < 4.78 is 0. The molecule has 0 aromatic heterocycles. The van der Waals surface area contributed by atoms with Crippen LogP contribution in [0, 0.1) is 0 Å². The zero-order chi connectivity index (χ0) is 15.8. The van der Waals surface area contributed by atoms with Crippen LogP contribution in [0.4, 0.5) is 0 Å². The number of benzene rings is 1. The fourth-order valence-corrected chi connectivity index (χ4v) is 1.92. The quantitative estimate of drug-likeness (QED) is 0.572. The van der Waals surface area contributed by atoms with Crippen LogP contribution in [-0.4, -0.2) is 34.2 Å². The van der Waals surface area contributed by atoms with Crippen molar-refractivity contribution in [1.29, 1.82) is 0 Å². The summed E-state index contributed by atoms with van der Waals surface area (Å²) in [5, 5.41) is 20.7. The third-order valence-electron chi connectivity index (χ3n) is 3.19. The van der Waals surface area contributed by atoms with Crippen molar-refractivity contribution < 1.29 is 19.8 Å². The van der Waals surface area contributed by atoms with Crippen LogP contribution < -0.4 is 11.1 Å². The number of carboxylic acids is 1. The zero-order valence-electron chi connectivity index (χ0n) is 12.1. The van der Waals surface area contributed by atoms with E-state index in [4.69, 9.17) is 10.8 Å². The fraction of sp³-hybridized carbons (Fsp3) is 0.467. The Hall–Kier alpha value is -2.08. The number of aliphatic carboxylic acids is 1. The predicted octanol–water partition coefficient (Wildman–Crippen LogP) is 1.02. The highest BCUT2D eigenvalue weighted by Gasteiger charge is 2.22. The fourth-order valence-electron chi connectivity index (χ4n) is 1.92. The molecule has 2 atom stereocenters. The van der Waals surface area contributed by atoms with E-state index < -0.39 is 24.0 Å². The molecular formula is C15H22N2O4. The lowest BCUT2D eigenvalue weighted by atomic mass is 10.0. The number of phenolic OH excluding ortho intramolecular Hbond substituents is 1. The second kappa shape index (κ2) is 8.26. The number of hydrogen-bond acceptors (Lipinski definition) is 4. The van der Waals surface area contributed by atoms with Gasteiger partial charge in [0.15, 0.2) is 0 Å². The van der Waals surface area contributed by atoms with E-state index in [0.29, 0.717) is 6.42 Å². The first kappa shape index (κ1) is 17.0. The van der Waals surface area contributed by atoms with E-state index >= 15 is 0 Å². The van der Waals surface area contributed by atoms with Gasteiger partial charge in [0, 0.05) is 0 Å². The van der Waals surface area contributed by atoms with Gasteiger partial charge in [-0.15, -0.1) is 0 Å². The van der Waals surface area contributed by atoms with Crippen LogP contribution in [0.1, 0.15) is 31.7 Å². The summed E-state index contributed by atoms with van der Waals surface area (Å²) in [7, 11) is 0. The second-order valence-corrected chi connectivity index (χ2v) is 5.02. The van der Waals surface area contributed by atoms with Gasteiger partial charge in [-0.05, 0) is 30.5 Å². The molecule has 1 amide bonds. The Labute approximate surface area is 124 Å². The van der Waals surface area contributed by atoms with E-state index in [2.05, 4.69) is 5.32 Å². The predicted molar refractivity (Wildman–Crippen MR) is 78.9 cm³/mol. The van der Waals surface area contributed by atoms with E-state index in [1.54, 1.807) is 12.1 Å². The summed E-state index contributed by atoms with van der Waals surface area (Å²) in [6, 6.07) is 4.66. The molecule has 0 spiro atoms. The Morgan fingerprint density at radius 3 is 2.43 bits per heavy atom. The molecule has 6 heteroatoms. The van der Waals surface area contributed by atoms with Crippen LogP contribution in [0.15, 0.2) is 24.3 Å². The van der Waals surface area contributed by atoms with Crippen LogP contribution in [0.5, 0.6) is 5.75 Å². The summed E-state index contributed by atoms with van der Waals surface area (Å²) in [4.78, 5) is 23.0. The molecule has 0 aliphatic heterocycles. The Morgan fingerprint density at radius 2 is 1.90 bits per heavy atom. The summed E-state index contributed by atoms with van der Waals surface area (Å²) in [5.41, 5.74) is 6.60. The van der Waals surface area contributed by atoms with Crippen molar-refractivity contribution in [3.8, 4) is 5.75 Å². The first-order valence-electron chi connectivity index (χ1n) is 7.00. The number of carbonyl (C=O) groups excluding carboxylic acids is 1. The number of rotatable bonds is 8. The van der Waals surface area contributed by atoms with Crippen molar-refractivity contribution in [3.05, 3.63) is 29.8 Å². The van der Waals surface area contributed by atoms with E-state index in [1.807, 2.05) is 6.92 Å². The van der Waals surface area contributed by atoms with Crippen LogP contribution >= 0.6 is 0 Å². The highest BCUT2D eigenvalue weighted by Crippen LogP contribution is 2.11. The number of carboxylic acid groups (broad SMARTS) is 1. The summed E-state index contributed by atoms with van der Waals surface area (Å²) in [6.07, 6.45) is 2.26. The molecule has 0 fully saturated rings. The average Bonchev–Trinajstić information content (AvgIpc) is 2.45. The summed E-state index contributed by atoms with van der Waals surface area (Å²) in [6.45, 7) is 1.96. The summed E-state index contributed by atoms with van der Waals surface area (Å²) in [5.74, 6) is -1.39. The molecule has 1 aromatic carbocycles. The van der Waals surface area contributed by atoms with Gasteiger partial charge in [0.2, 0.25) is 5.91 Å². The molecule has 1 rings (SSSR count). The molecule has 0 aliphatic carbocycles. The van der Waals surface area contributed by atoms with Gasteiger partial charge in [-0.1, -0.05) is 31.9 Å². The molecule has 6 nitrogen and oxygen atoms in total. The first-order valence-corrected chi connectivity index (χ1v) is 7.00. The van der Waals surface area contributed by atoms with Crippen molar-refractivity contribution in [2.75, 3.05) is 0 Å². The molecule has 0 bridgehead atoms. The van der Waals surface area contributed by atoms with Gasteiger partial charge in [0.25, 0.3) is 0 Å². The van der Waals surface area contributed by atoms with Gasteiger partial charge in [-0.2, -0.15) is 0 Å². The molecule has 116 valence electrons. The molecule has 0 aliphatic rings. The van der Waals surface area contributed by atoms with Crippen LogP contribution in [-0.2, 0) is 16.0 Å². The molecule has 2 unspecified atom stereocenters. The van der Waals surface area contributed by atoms with Crippen LogP contribution in [0.2, 0.25) is 0 Å². The monoisotopic (exact) mass is 294 g/mol. The Kier molecular flexibility index (Phi) is 6.68. The molecular weight excluding hydrogens is 272 g/mol. The van der Waals surface area contributed by atoms with E-state index in [-0.39, 0.29) is 12.2 Å². The lowest BCUT2D eigenvalue weighted by Crippen LogP contribution is -2.49.